The predicted molar refractivity (Wildman–Crippen MR) is 102 cm³/mol. The summed E-state index contributed by atoms with van der Waals surface area (Å²) < 4.78 is 16.4. The average Bonchev–Trinajstić information content (AvgIpc) is 2.92. The lowest BCUT2D eigenvalue weighted by Crippen LogP contribution is -2.29. The molecule has 0 spiro atoms. The van der Waals surface area contributed by atoms with Gasteiger partial charge in [-0.25, -0.2) is 9.18 Å². The molecule has 1 saturated heterocycles. The second kappa shape index (κ2) is 6.89. The Morgan fingerprint density at radius 2 is 2.00 bits per heavy atom. The van der Waals surface area contributed by atoms with Gasteiger partial charge >= 0.3 is 5.97 Å². The lowest BCUT2D eigenvalue weighted by Gasteiger charge is -2.27. The summed E-state index contributed by atoms with van der Waals surface area (Å²) in [5, 5.41) is 9.38. The molecule has 0 amide bonds. The third kappa shape index (κ3) is 3.41. The number of nitrogens with two attached hydrogens (primary N) is 1. The molecule has 3 rings (SSSR count). The van der Waals surface area contributed by atoms with Gasteiger partial charge in [0.1, 0.15) is 11.4 Å². The van der Waals surface area contributed by atoms with E-state index in [0.29, 0.717) is 24.3 Å². The van der Waals surface area contributed by atoms with E-state index >= 15 is 0 Å². The Bertz CT molecular complexity index is 921. The highest BCUT2D eigenvalue weighted by molar-refractivity contribution is 5.93. The van der Waals surface area contributed by atoms with Crippen LogP contribution in [0, 0.1) is 5.82 Å². The number of halogens is 2. The average molecular weight is 384 g/mol. The van der Waals surface area contributed by atoms with Crippen LogP contribution in [0.5, 0.6) is 0 Å². The Labute approximate surface area is 156 Å². The number of pyridine rings is 1. The van der Waals surface area contributed by atoms with E-state index in [1.54, 1.807) is 10.6 Å². The smallest absolute Gasteiger partial charge is 0.341 e. The highest BCUT2D eigenvalue weighted by Gasteiger charge is 2.26. The summed E-state index contributed by atoms with van der Waals surface area (Å²) in [4.78, 5) is 25.8. The van der Waals surface area contributed by atoms with E-state index in [0.717, 1.165) is 12.5 Å². The molecule has 2 heterocycles. The molecule has 0 saturated carbocycles. The van der Waals surface area contributed by atoms with Crippen LogP contribution < -0.4 is 16.1 Å². The van der Waals surface area contributed by atoms with Crippen LogP contribution in [0.3, 0.4) is 0 Å². The molecule has 1 aliphatic rings. The second-order valence-electron chi connectivity index (χ2n) is 7.53. The van der Waals surface area contributed by atoms with Gasteiger partial charge in [-0.1, -0.05) is 0 Å². The number of hydrogen-bond acceptors (Lipinski definition) is 4. The molecular weight excluding hydrogens is 361 g/mol. The van der Waals surface area contributed by atoms with E-state index in [2.05, 4.69) is 0 Å². The zero-order valence-corrected chi connectivity index (χ0v) is 15.8. The number of carbonyl (C=O) groups is 1. The van der Waals surface area contributed by atoms with Crippen LogP contribution in [-0.2, 0) is 5.54 Å². The molecule has 0 aliphatic carbocycles. The van der Waals surface area contributed by atoms with E-state index < -0.39 is 22.8 Å². The minimum atomic E-state index is -1.32. The van der Waals surface area contributed by atoms with Crippen LogP contribution >= 0.6 is 12.4 Å². The Balaban J connectivity index is 0.00000243. The van der Waals surface area contributed by atoms with Gasteiger partial charge in [0.05, 0.1) is 11.2 Å². The lowest BCUT2D eigenvalue weighted by molar-refractivity contribution is 0.0694. The normalized spacial score (nSPS) is 17.4. The van der Waals surface area contributed by atoms with E-state index in [-0.39, 0.29) is 29.4 Å². The third-order valence-electron chi connectivity index (χ3n) is 4.59. The zero-order chi connectivity index (χ0) is 18.5. The minimum absolute atomic E-state index is 0. The van der Waals surface area contributed by atoms with Gasteiger partial charge in [-0.15, -0.1) is 12.4 Å². The summed E-state index contributed by atoms with van der Waals surface area (Å²) in [6.45, 7) is 6.90. The molecule has 1 unspecified atom stereocenters. The van der Waals surface area contributed by atoms with E-state index in [4.69, 9.17) is 5.73 Å². The fourth-order valence-corrected chi connectivity index (χ4v) is 3.29. The number of carboxylic acid groups (broad SMARTS) is 1. The molecule has 3 N–H and O–H groups in total. The van der Waals surface area contributed by atoms with Crippen molar-refractivity contribution >= 4 is 35.0 Å². The first-order chi connectivity index (χ1) is 11.6. The summed E-state index contributed by atoms with van der Waals surface area (Å²) in [5.41, 5.74) is 5.30. The number of hydrogen-bond donors (Lipinski definition) is 2. The number of nitrogens with zero attached hydrogens (tertiary/aromatic N) is 2. The largest absolute Gasteiger partial charge is 0.477 e. The van der Waals surface area contributed by atoms with E-state index in [1.807, 2.05) is 25.7 Å². The number of aromatic carboxylic acids is 1. The monoisotopic (exact) mass is 383 g/mol. The number of anilines is 1. The van der Waals surface area contributed by atoms with Crippen molar-refractivity contribution in [3.63, 3.8) is 0 Å². The predicted octanol–water partition coefficient (Wildman–Crippen LogP) is 2.55. The summed E-state index contributed by atoms with van der Waals surface area (Å²) in [5.74, 6) is -1.86. The SMILES string of the molecule is CC(C)(C)n1cc(C(=O)O)c(=O)c2cc(F)c(N3CCC(N)C3)cc21.Cl. The summed E-state index contributed by atoms with van der Waals surface area (Å²) in [6.07, 6.45) is 2.12. The van der Waals surface area contributed by atoms with Crippen LogP contribution in [0.1, 0.15) is 37.6 Å². The zero-order valence-electron chi connectivity index (χ0n) is 15.0. The molecule has 0 radical (unpaired) electrons. The molecule has 142 valence electrons. The van der Waals surface area contributed by atoms with Crippen molar-refractivity contribution in [3.05, 3.63) is 39.9 Å². The van der Waals surface area contributed by atoms with Crippen molar-refractivity contribution in [3.8, 4) is 0 Å². The number of carboxylic acids is 1. The minimum Gasteiger partial charge on any atom is -0.477 e. The Kier molecular flexibility index (Phi) is 5.35. The fraction of sp³-hybridized carbons (Fsp3) is 0.444. The summed E-state index contributed by atoms with van der Waals surface area (Å²) in [7, 11) is 0. The van der Waals surface area contributed by atoms with Gasteiger partial charge in [-0.3, -0.25) is 4.79 Å². The maximum atomic E-state index is 14.7. The standard InChI is InChI=1S/C18H22FN3O3.ClH/c1-18(2,3)22-9-12(17(24)25)16(23)11-6-13(19)15(7-14(11)22)21-5-4-10(20)8-21;/h6-7,9-10H,4-5,8,20H2,1-3H3,(H,24,25);1H. The van der Waals surface area contributed by atoms with Crippen molar-refractivity contribution < 1.29 is 14.3 Å². The maximum absolute atomic E-state index is 14.7. The molecule has 1 aliphatic heterocycles. The van der Waals surface area contributed by atoms with Crippen LogP contribution in [0.15, 0.2) is 23.1 Å². The topological polar surface area (TPSA) is 88.6 Å². The van der Waals surface area contributed by atoms with Crippen molar-refractivity contribution in [1.29, 1.82) is 0 Å². The van der Waals surface area contributed by atoms with Crippen molar-refractivity contribution in [1.82, 2.24) is 4.57 Å². The molecule has 1 atom stereocenters. The highest BCUT2D eigenvalue weighted by Crippen LogP contribution is 2.30. The van der Waals surface area contributed by atoms with Crippen LogP contribution in [0.2, 0.25) is 0 Å². The molecule has 1 aromatic carbocycles. The first-order valence-electron chi connectivity index (χ1n) is 8.23. The van der Waals surface area contributed by atoms with E-state index in [1.165, 1.54) is 6.20 Å². The van der Waals surface area contributed by atoms with Gasteiger partial charge in [0, 0.05) is 36.3 Å². The molecule has 8 heteroatoms. The van der Waals surface area contributed by atoms with Gasteiger partial charge in [0.25, 0.3) is 0 Å². The molecule has 0 bridgehead atoms. The van der Waals surface area contributed by atoms with Gasteiger partial charge in [0.15, 0.2) is 0 Å². The number of benzene rings is 1. The first kappa shape index (κ1) is 20.2. The molecular formula is C18H23ClFN3O3. The molecule has 26 heavy (non-hydrogen) atoms. The molecule has 2 aromatic rings. The van der Waals surface area contributed by atoms with Crippen LogP contribution in [0.25, 0.3) is 10.9 Å². The second-order valence-corrected chi connectivity index (χ2v) is 7.53. The van der Waals surface area contributed by atoms with Crippen molar-refractivity contribution in [2.75, 3.05) is 18.0 Å². The molecule has 6 nitrogen and oxygen atoms in total. The maximum Gasteiger partial charge on any atom is 0.341 e. The van der Waals surface area contributed by atoms with Gasteiger partial charge in [-0.2, -0.15) is 0 Å². The Morgan fingerprint density at radius 1 is 1.35 bits per heavy atom. The van der Waals surface area contributed by atoms with Crippen LogP contribution in [-0.4, -0.2) is 34.8 Å². The van der Waals surface area contributed by atoms with Crippen LogP contribution in [0.4, 0.5) is 10.1 Å². The summed E-state index contributed by atoms with van der Waals surface area (Å²) >= 11 is 0. The first-order valence-corrected chi connectivity index (χ1v) is 8.23. The molecule has 1 aromatic heterocycles. The third-order valence-corrected chi connectivity index (χ3v) is 4.59. The van der Waals surface area contributed by atoms with Crippen molar-refractivity contribution in [2.45, 2.75) is 38.8 Å². The summed E-state index contributed by atoms with van der Waals surface area (Å²) in [6, 6.07) is 2.77. The van der Waals surface area contributed by atoms with Crippen molar-refractivity contribution in [2.24, 2.45) is 5.73 Å². The number of fused-ring (bicyclic) bond motifs is 1. The van der Waals surface area contributed by atoms with E-state index in [9.17, 15) is 19.1 Å². The number of rotatable bonds is 2. The molecule has 1 fully saturated rings. The highest BCUT2D eigenvalue weighted by atomic mass is 35.5. The lowest BCUT2D eigenvalue weighted by atomic mass is 10.0. The fourth-order valence-electron chi connectivity index (χ4n) is 3.29. The van der Waals surface area contributed by atoms with Gasteiger partial charge in [-0.05, 0) is 39.3 Å². The number of aromatic nitrogens is 1. The Morgan fingerprint density at radius 3 is 2.50 bits per heavy atom. The van der Waals surface area contributed by atoms with Gasteiger partial charge < -0.3 is 20.3 Å². The Hall–Kier alpha value is -2.12. The van der Waals surface area contributed by atoms with Gasteiger partial charge in [0.2, 0.25) is 5.43 Å². The quantitative estimate of drug-likeness (QED) is 0.832.